The van der Waals surface area contributed by atoms with Crippen molar-refractivity contribution in [2.24, 2.45) is 16.9 Å². The van der Waals surface area contributed by atoms with Crippen LogP contribution in [0.15, 0.2) is 60.8 Å². The molecule has 0 saturated carbocycles. The minimum Gasteiger partial charge on any atom is -0.481 e. The summed E-state index contributed by atoms with van der Waals surface area (Å²) in [5.41, 5.74) is 13.1. The molecule has 0 fully saturated rings. The van der Waals surface area contributed by atoms with Crippen molar-refractivity contribution in [3.63, 3.8) is 0 Å². The first-order valence-electron chi connectivity index (χ1n) is 23.8. The Labute approximate surface area is 415 Å². The number of rotatable bonds is 35. The highest BCUT2D eigenvalue weighted by molar-refractivity contribution is 8.00. The molecule has 8 N–H and O–H groups in total. The van der Waals surface area contributed by atoms with Gasteiger partial charge in [0.2, 0.25) is 17.7 Å². The first-order valence-corrected chi connectivity index (χ1v) is 25.0. The van der Waals surface area contributed by atoms with Crippen LogP contribution >= 0.6 is 11.8 Å². The molecule has 0 spiro atoms. The lowest BCUT2D eigenvalue weighted by Gasteiger charge is -2.41. The van der Waals surface area contributed by atoms with E-state index in [1.165, 1.54) is 0 Å². The van der Waals surface area contributed by atoms with Crippen molar-refractivity contribution in [1.29, 1.82) is 0 Å². The van der Waals surface area contributed by atoms with Crippen molar-refractivity contribution >= 4 is 41.4 Å². The van der Waals surface area contributed by atoms with Gasteiger partial charge in [-0.15, -0.1) is 11.8 Å². The number of aliphatic carboxylic acids is 2. The summed E-state index contributed by atoms with van der Waals surface area (Å²) >= 11 is 1.09. The average molecular weight is 1010 g/mol. The maximum Gasteiger partial charge on any atom is 0.327 e. The fraction of sp³-hybridized carbons (Fsp3) is 0.580. The predicted molar refractivity (Wildman–Crippen MR) is 266 cm³/mol. The van der Waals surface area contributed by atoms with Crippen molar-refractivity contribution in [3.8, 4) is 11.1 Å². The molecular weight excluding hydrogens is 931 g/mol. The van der Waals surface area contributed by atoms with Crippen molar-refractivity contribution in [2.45, 2.75) is 91.3 Å². The Morgan fingerprint density at radius 1 is 0.786 bits per heavy atom. The van der Waals surface area contributed by atoms with Crippen molar-refractivity contribution in [2.75, 3.05) is 90.5 Å². The largest absolute Gasteiger partial charge is 0.481 e. The molecule has 3 aromatic rings. The van der Waals surface area contributed by atoms with Gasteiger partial charge in [-0.2, -0.15) is 0 Å². The minimum atomic E-state index is -1.25. The van der Waals surface area contributed by atoms with Gasteiger partial charge in [-0.25, -0.2) is 13.6 Å². The summed E-state index contributed by atoms with van der Waals surface area (Å²) in [6.45, 7) is 12.1. The van der Waals surface area contributed by atoms with E-state index in [4.69, 9.17) is 35.5 Å². The van der Waals surface area contributed by atoms with Crippen molar-refractivity contribution in [1.82, 2.24) is 20.1 Å². The van der Waals surface area contributed by atoms with Gasteiger partial charge in [-0.3, -0.25) is 19.2 Å². The summed E-state index contributed by atoms with van der Waals surface area (Å²) in [5.74, 6) is -4.05. The molecule has 70 heavy (non-hydrogen) atoms. The molecule has 0 aliphatic rings. The standard InChI is InChI=1S/C47H70F2N6O9S.C3H6O2/c1-47(2,3)45(41-29-36(38-30-37(48)14-15-39(38)49)32-54(41)31-35-11-6-4-7-12-35)55(20-10-18-51)44(58)34-65-33-40(46(59)60)53-43(57)16-21-61-23-25-63-27-28-64-26-24-62-22-19-52-42(56)13-8-5-9-17-50;1-2-3(4)5/h4,6-7,11-12,14-15,29-30,32,40,45H,5,8-10,13,16-28,31,33-34,50-51H2,1-3H3,(H,52,56)(H,53,57)(H,59,60);2H2,1H3,(H,4,5). The van der Waals surface area contributed by atoms with Gasteiger partial charge < -0.3 is 60.7 Å². The summed E-state index contributed by atoms with van der Waals surface area (Å²) in [6.07, 6.45) is 5.60. The number of nitrogens with one attached hydrogen (secondary N) is 2. The van der Waals surface area contributed by atoms with E-state index in [-0.39, 0.29) is 61.5 Å². The molecule has 0 saturated heterocycles. The summed E-state index contributed by atoms with van der Waals surface area (Å²) in [5, 5.41) is 23.0. The van der Waals surface area contributed by atoms with Gasteiger partial charge >= 0.3 is 11.9 Å². The number of carbonyl (C=O) groups is 5. The van der Waals surface area contributed by atoms with Gasteiger partial charge in [-0.1, -0.05) is 64.4 Å². The number of thioether (sulfide) groups is 1. The summed E-state index contributed by atoms with van der Waals surface area (Å²) < 4.78 is 53.4. The van der Waals surface area contributed by atoms with Crippen LogP contribution in [0.25, 0.3) is 11.1 Å². The highest BCUT2D eigenvalue weighted by Gasteiger charge is 2.37. The molecule has 2 aromatic carbocycles. The molecule has 20 heteroatoms. The van der Waals surface area contributed by atoms with Gasteiger partial charge in [0.25, 0.3) is 0 Å². The number of nitrogens with zero attached hydrogens (tertiary/aromatic N) is 2. The van der Waals surface area contributed by atoms with E-state index in [1.807, 2.05) is 55.7 Å². The number of nitrogens with two attached hydrogens (primary N) is 2. The number of unbranched alkanes of at least 4 members (excludes halogenated alkanes) is 2. The number of amides is 3. The molecule has 2 unspecified atom stereocenters. The van der Waals surface area contributed by atoms with Crippen molar-refractivity contribution < 1.29 is 61.9 Å². The number of carbonyl (C=O) groups excluding carboxylic acids is 3. The second kappa shape index (κ2) is 35.2. The second-order valence-electron chi connectivity index (χ2n) is 17.3. The highest BCUT2D eigenvalue weighted by Crippen LogP contribution is 2.41. The number of hydrogen-bond acceptors (Lipinski definition) is 12. The molecule has 392 valence electrons. The molecule has 1 heterocycles. The second-order valence-corrected chi connectivity index (χ2v) is 18.3. The SMILES string of the molecule is CC(C)(C)C(c1cc(-c2cc(F)ccc2F)cn1Cc1ccccc1)N(CCCN)C(=O)CSCC(NC(=O)CCOCCOCCOCCOCCNC(=O)CCCCCN)C(=O)O.CCC(=O)O. The van der Waals surface area contributed by atoms with Crippen LogP contribution in [-0.2, 0) is 49.5 Å². The Morgan fingerprint density at radius 3 is 1.99 bits per heavy atom. The number of ether oxygens (including phenoxy) is 4. The van der Waals surface area contributed by atoms with Crippen LogP contribution in [-0.4, -0.2) is 146 Å². The zero-order chi connectivity index (χ0) is 51.7. The van der Waals surface area contributed by atoms with Gasteiger partial charge in [0.1, 0.15) is 17.7 Å². The molecule has 0 aliphatic heterocycles. The molecule has 1 aromatic heterocycles. The Hall–Kier alpha value is -4.96. The van der Waals surface area contributed by atoms with Gasteiger partial charge in [0.15, 0.2) is 0 Å². The Balaban J connectivity index is 0.00000319. The molecule has 3 amide bonds. The van der Waals surface area contributed by atoms with Crippen LogP contribution < -0.4 is 22.1 Å². The van der Waals surface area contributed by atoms with E-state index in [1.54, 1.807) is 24.1 Å². The lowest BCUT2D eigenvalue weighted by Crippen LogP contribution is -2.45. The van der Waals surface area contributed by atoms with Gasteiger partial charge in [0, 0.05) is 67.7 Å². The Bertz CT molecular complexity index is 1990. The fourth-order valence-electron chi connectivity index (χ4n) is 6.94. The van der Waals surface area contributed by atoms with E-state index in [0.717, 1.165) is 54.8 Å². The number of benzene rings is 2. The molecule has 0 aliphatic carbocycles. The molecular formula is C50H76F2N6O11S. The molecule has 2 atom stereocenters. The van der Waals surface area contributed by atoms with Crippen LogP contribution in [0.1, 0.15) is 89.9 Å². The van der Waals surface area contributed by atoms with Gasteiger partial charge in [-0.05, 0) is 67.6 Å². The lowest BCUT2D eigenvalue weighted by atomic mass is 9.83. The van der Waals surface area contributed by atoms with Crippen LogP contribution in [0, 0.1) is 17.0 Å². The van der Waals surface area contributed by atoms with Gasteiger partial charge in [0.05, 0.1) is 64.6 Å². The zero-order valence-corrected chi connectivity index (χ0v) is 42.1. The maximum absolute atomic E-state index is 15.1. The monoisotopic (exact) mass is 1010 g/mol. The Morgan fingerprint density at radius 2 is 1.40 bits per heavy atom. The number of carboxylic acid groups (broad SMARTS) is 2. The van der Waals surface area contributed by atoms with Crippen LogP contribution in [0.2, 0.25) is 0 Å². The normalized spacial score (nSPS) is 12.1. The first-order chi connectivity index (χ1) is 33.5. The zero-order valence-electron chi connectivity index (χ0n) is 41.3. The molecule has 0 bridgehead atoms. The fourth-order valence-corrected chi connectivity index (χ4v) is 7.86. The van der Waals surface area contributed by atoms with E-state index in [2.05, 4.69) is 10.6 Å². The average Bonchev–Trinajstić information content (AvgIpc) is 3.72. The van der Waals surface area contributed by atoms with E-state index < -0.39 is 47.0 Å². The van der Waals surface area contributed by atoms with E-state index in [0.29, 0.717) is 89.9 Å². The Kier molecular flexibility index (Phi) is 30.7. The first kappa shape index (κ1) is 61.2. The topological polar surface area (TPSA) is 247 Å². The smallest absolute Gasteiger partial charge is 0.327 e. The third-order valence-electron chi connectivity index (χ3n) is 10.4. The summed E-state index contributed by atoms with van der Waals surface area (Å²) in [7, 11) is 0. The molecule has 17 nitrogen and oxygen atoms in total. The molecule has 3 rings (SSSR count). The number of hydrogen-bond donors (Lipinski definition) is 6. The minimum absolute atomic E-state index is 0.00837. The molecule has 0 radical (unpaired) electrons. The predicted octanol–water partition coefficient (Wildman–Crippen LogP) is 5.62. The number of carboxylic acids is 2. The summed E-state index contributed by atoms with van der Waals surface area (Å²) in [6, 6.07) is 13.0. The van der Waals surface area contributed by atoms with Crippen LogP contribution in [0.3, 0.4) is 0 Å². The summed E-state index contributed by atoms with van der Waals surface area (Å²) in [4.78, 5) is 61.9. The maximum atomic E-state index is 15.1. The van der Waals surface area contributed by atoms with Crippen molar-refractivity contribution in [3.05, 3.63) is 83.7 Å². The third kappa shape index (κ3) is 25.2. The van der Waals surface area contributed by atoms with Crippen LogP contribution in [0.5, 0.6) is 0 Å². The quantitative estimate of drug-likeness (QED) is 0.0392. The number of halogens is 2. The third-order valence-corrected chi connectivity index (χ3v) is 11.4. The number of aromatic nitrogens is 1. The lowest BCUT2D eigenvalue weighted by molar-refractivity contribution is -0.141. The van der Waals surface area contributed by atoms with E-state index >= 15 is 4.39 Å². The van der Waals surface area contributed by atoms with E-state index in [9.17, 15) is 33.5 Å². The highest BCUT2D eigenvalue weighted by atomic mass is 32.2. The van der Waals surface area contributed by atoms with Crippen LogP contribution in [0.4, 0.5) is 8.78 Å².